The summed E-state index contributed by atoms with van der Waals surface area (Å²) in [5.74, 6) is 0.116. The van der Waals surface area contributed by atoms with Crippen LogP contribution in [-0.4, -0.2) is 14.2 Å². The van der Waals surface area contributed by atoms with Gasteiger partial charge in [0.2, 0.25) is 0 Å². The maximum atomic E-state index is 12.6. The molecule has 27 heavy (non-hydrogen) atoms. The van der Waals surface area contributed by atoms with E-state index in [1.165, 1.54) is 19.3 Å². The van der Waals surface area contributed by atoms with Gasteiger partial charge in [0.05, 0.1) is 5.75 Å². The molecular formula is C22H31IO3S+. The molecule has 0 heterocycles. The molecular weight excluding hydrogens is 471 g/mol. The zero-order valence-electron chi connectivity index (χ0n) is 16.6. The average molecular weight is 502 g/mol. The van der Waals surface area contributed by atoms with Gasteiger partial charge in [0.25, 0.3) is 0 Å². The Morgan fingerprint density at radius 2 is 1.19 bits per heavy atom. The van der Waals surface area contributed by atoms with E-state index in [2.05, 4.69) is 6.92 Å². The largest absolute Gasteiger partial charge is 0.324 e. The van der Waals surface area contributed by atoms with Gasteiger partial charge in [-0.15, -0.1) is 0 Å². The van der Waals surface area contributed by atoms with Crippen molar-refractivity contribution in [1.82, 2.24) is 0 Å². The predicted octanol–water partition coefficient (Wildman–Crippen LogP) is 2.59. The fourth-order valence-corrected chi connectivity index (χ4v) is 9.81. The Morgan fingerprint density at radius 1 is 0.741 bits per heavy atom. The minimum absolute atomic E-state index is 0.116. The van der Waals surface area contributed by atoms with Gasteiger partial charge in [0.1, 0.15) is 0 Å². The van der Waals surface area contributed by atoms with E-state index in [1.54, 1.807) is 0 Å². The SMILES string of the molecule is CCCCCCCCS(=O)(=O)O[I+](c1ccc(C)cc1)c1ccc(C)cc1. The summed E-state index contributed by atoms with van der Waals surface area (Å²) in [6.45, 7) is 6.24. The summed E-state index contributed by atoms with van der Waals surface area (Å²) in [6.07, 6.45) is 6.33. The lowest BCUT2D eigenvalue weighted by Gasteiger charge is -2.07. The monoisotopic (exact) mass is 502 g/mol. The highest BCUT2D eigenvalue weighted by molar-refractivity contribution is 7.86. The molecule has 0 aromatic heterocycles. The van der Waals surface area contributed by atoms with Crippen LogP contribution in [0, 0.1) is 21.0 Å². The molecule has 3 nitrogen and oxygen atoms in total. The Balaban J connectivity index is 2.09. The quantitative estimate of drug-likeness (QED) is 0.351. The van der Waals surface area contributed by atoms with E-state index >= 15 is 0 Å². The summed E-state index contributed by atoms with van der Waals surface area (Å²) in [5.41, 5.74) is 2.32. The summed E-state index contributed by atoms with van der Waals surface area (Å²) in [6, 6.07) is 16.2. The minimum atomic E-state index is -3.52. The third-order valence-corrected chi connectivity index (χ3v) is 11.9. The van der Waals surface area contributed by atoms with E-state index in [0.717, 1.165) is 31.1 Å². The first-order valence-electron chi connectivity index (χ1n) is 9.67. The smallest absolute Gasteiger partial charge is 0.196 e. The Labute approximate surface area is 172 Å². The summed E-state index contributed by atoms with van der Waals surface area (Å²) in [4.78, 5) is 0. The molecule has 0 N–H and O–H groups in total. The molecule has 0 aliphatic rings. The second-order valence-electron chi connectivity index (χ2n) is 6.93. The van der Waals surface area contributed by atoms with E-state index in [4.69, 9.17) is 2.51 Å². The van der Waals surface area contributed by atoms with Crippen molar-refractivity contribution < 1.29 is 31.2 Å². The number of unbranched alkanes of at least 4 members (excludes halogenated alkanes) is 5. The molecule has 1 radical (unpaired) electrons. The fraction of sp³-hybridized carbons (Fsp3) is 0.455. The van der Waals surface area contributed by atoms with Gasteiger partial charge in [-0.1, -0.05) is 74.4 Å². The van der Waals surface area contributed by atoms with Crippen molar-refractivity contribution in [3.05, 3.63) is 66.8 Å². The molecule has 2 aromatic carbocycles. The lowest BCUT2D eigenvalue weighted by molar-refractivity contribution is -1.03. The maximum absolute atomic E-state index is 12.6. The molecule has 0 spiro atoms. The third-order valence-electron chi connectivity index (χ3n) is 4.33. The highest BCUT2D eigenvalue weighted by atomic mass is 127. The van der Waals surface area contributed by atoms with Crippen molar-refractivity contribution in [1.29, 1.82) is 0 Å². The van der Waals surface area contributed by atoms with Crippen LogP contribution in [0.1, 0.15) is 56.6 Å². The summed E-state index contributed by atoms with van der Waals surface area (Å²) < 4.78 is 33.1. The number of hydrogen-bond donors (Lipinski definition) is 0. The number of aryl methyl sites for hydroxylation is 2. The molecule has 5 heteroatoms. The molecule has 0 fully saturated rings. The standard InChI is InChI=1S/C22H31IO3S/c1-4-5-6-7-8-9-18-27(24,25)26-23(21-14-10-19(2)11-15-21)22-16-12-20(3)13-17-22/h10-17H,4-9,18H2,1-3H3/q+1. The van der Waals surface area contributed by atoms with E-state index in [9.17, 15) is 8.42 Å². The first kappa shape index (κ1) is 22.4. The molecule has 0 bridgehead atoms. The first-order chi connectivity index (χ1) is 12.9. The van der Waals surface area contributed by atoms with Crippen LogP contribution in [-0.2, 0) is 12.6 Å². The molecule has 0 amide bonds. The van der Waals surface area contributed by atoms with E-state index in [0.29, 0.717) is 6.42 Å². The van der Waals surface area contributed by atoms with Crippen LogP contribution in [0.4, 0.5) is 0 Å². The van der Waals surface area contributed by atoms with Gasteiger partial charge in [-0.05, 0) is 47.0 Å². The lowest BCUT2D eigenvalue weighted by atomic mass is 10.1. The van der Waals surface area contributed by atoms with E-state index in [-0.39, 0.29) is 5.75 Å². The Bertz CT molecular complexity index is 738. The van der Waals surface area contributed by atoms with Crippen molar-refractivity contribution in [2.24, 2.45) is 0 Å². The van der Waals surface area contributed by atoms with E-state index in [1.807, 2.05) is 62.4 Å². The average Bonchev–Trinajstić information content (AvgIpc) is 2.64. The number of hydrogen-bond acceptors (Lipinski definition) is 3. The Morgan fingerprint density at radius 3 is 1.67 bits per heavy atom. The summed E-state index contributed by atoms with van der Waals surface area (Å²) >= 11 is -2.49. The molecule has 0 saturated carbocycles. The molecule has 149 valence electrons. The zero-order chi connectivity index (χ0) is 19.7. The second kappa shape index (κ2) is 11.2. The van der Waals surface area contributed by atoms with Gasteiger partial charge in [0, 0.05) is 0 Å². The predicted molar refractivity (Wildman–Crippen MR) is 108 cm³/mol. The van der Waals surface area contributed by atoms with Crippen molar-refractivity contribution in [2.45, 2.75) is 59.3 Å². The molecule has 0 atom stereocenters. The van der Waals surface area contributed by atoms with Crippen LogP contribution in [0.2, 0.25) is 0 Å². The second-order valence-corrected chi connectivity index (χ2v) is 13.6. The van der Waals surface area contributed by atoms with Gasteiger partial charge in [-0.3, -0.25) is 0 Å². The Kier molecular flexibility index (Phi) is 9.26. The van der Waals surface area contributed by atoms with Gasteiger partial charge in [-0.25, -0.2) is 0 Å². The van der Waals surface area contributed by atoms with Gasteiger partial charge in [0.15, 0.2) is 7.14 Å². The lowest BCUT2D eigenvalue weighted by Crippen LogP contribution is -3.85. The number of halogens is 1. The van der Waals surface area contributed by atoms with Gasteiger partial charge >= 0.3 is 30.4 Å². The first-order valence-corrected chi connectivity index (χ1v) is 14.3. The van der Waals surface area contributed by atoms with Gasteiger partial charge in [-0.2, -0.15) is 8.42 Å². The van der Waals surface area contributed by atoms with Crippen LogP contribution >= 0.6 is 0 Å². The van der Waals surface area contributed by atoms with Crippen molar-refractivity contribution in [2.75, 3.05) is 5.75 Å². The number of benzene rings is 2. The normalized spacial score (nSPS) is 11.9. The van der Waals surface area contributed by atoms with Gasteiger partial charge < -0.3 is 0 Å². The van der Waals surface area contributed by atoms with Crippen LogP contribution in [0.15, 0.2) is 48.5 Å². The van der Waals surface area contributed by atoms with Crippen molar-refractivity contribution in [3.63, 3.8) is 0 Å². The number of rotatable bonds is 11. The van der Waals surface area contributed by atoms with Crippen LogP contribution in [0.5, 0.6) is 0 Å². The fourth-order valence-electron chi connectivity index (χ4n) is 2.68. The molecule has 2 aromatic rings. The van der Waals surface area contributed by atoms with E-state index < -0.39 is 30.4 Å². The Hall–Kier alpha value is -0.920. The molecule has 0 aliphatic carbocycles. The summed E-state index contributed by atoms with van der Waals surface area (Å²) in [7, 11) is -3.52. The molecule has 2 rings (SSSR count). The molecule has 0 saturated heterocycles. The highest BCUT2D eigenvalue weighted by Gasteiger charge is 2.36. The van der Waals surface area contributed by atoms with Crippen LogP contribution in [0.3, 0.4) is 0 Å². The third kappa shape index (κ3) is 7.92. The molecule has 0 aliphatic heterocycles. The zero-order valence-corrected chi connectivity index (χ0v) is 19.6. The van der Waals surface area contributed by atoms with Crippen LogP contribution in [0.25, 0.3) is 0 Å². The van der Waals surface area contributed by atoms with Crippen molar-refractivity contribution in [3.8, 4) is 0 Å². The molecule has 0 unspecified atom stereocenters. The topological polar surface area (TPSA) is 43.4 Å². The highest BCUT2D eigenvalue weighted by Crippen LogP contribution is 2.06. The van der Waals surface area contributed by atoms with Crippen LogP contribution < -0.4 is 20.2 Å². The van der Waals surface area contributed by atoms with Crippen molar-refractivity contribution >= 4 is 10.1 Å². The maximum Gasteiger partial charge on any atom is 0.324 e. The minimum Gasteiger partial charge on any atom is -0.196 e. The summed E-state index contributed by atoms with van der Waals surface area (Å²) in [5, 5.41) is 0.